The Bertz CT molecular complexity index is 1220. The predicted octanol–water partition coefficient (Wildman–Crippen LogP) is 2.68. The van der Waals surface area contributed by atoms with Crippen LogP contribution in [-0.4, -0.2) is 81.5 Å². The largest absolute Gasteiger partial charge is 0.390 e. The minimum Gasteiger partial charge on any atom is -0.390 e. The summed E-state index contributed by atoms with van der Waals surface area (Å²) < 4.78 is 21.5. The van der Waals surface area contributed by atoms with Gasteiger partial charge in [0.2, 0.25) is 5.95 Å². The number of alkyl halides is 1. The second kappa shape index (κ2) is 8.56. The molecule has 3 aliphatic rings. The van der Waals surface area contributed by atoms with E-state index in [1.54, 1.807) is 17.2 Å². The number of hydrogen-bond acceptors (Lipinski definition) is 9. The molecule has 0 aromatic carbocycles. The summed E-state index contributed by atoms with van der Waals surface area (Å²) in [4.78, 5) is 17.6. The Balaban J connectivity index is 1.26. The summed E-state index contributed by atoms with van der Waals surface area (Å²) in [5, 5.41) is 19.0. The highest BCUT2D eigenvalue weighted by Crippen LogP contribution is 2.42. The molecule has 3 atom stereocenters. The second-order valence-corrected chi connectivity index (χ2v) is 10.1. The molecule has 6 rings (SSSR count). The van der Waals surface area contributed by atoms with Gasteiger partial charge in [0.25, 0.3) is 0 Å². The Hall–Kier alpha value is -3.05. The number of hydrogen-bond donors (Lipinski definition) is 2. The maximum atomic E-state index is 14.0. The number of anilines is 4. The number of rotatable bonds is 6. The molecule has 3 aromatic rings. The van der Waals surface area contributed by atoms with Crippen molar-refractivity contribution in [3.63, 3.8) is 0 Å². The maximum Gasteiger partial charge on any atom is 0.227 e. The van der Waals surface area contributed by atoms with Gasteiger partial charge < -0.3 is 25.0 Å². The quantitative estimate of drug-likeness (QED) is 0.549. The molecule has 35 heavy (non-hydrogen) atoms. The van der Waals surface area contributed by atoms with E-state index in [0.29, 0.717) is 36.0 Å². The van der Waals surface area contributed by atoms with Crippen LogP contribution in [0.15, 0.2) is 24.5 Å². The van der Waals surface area contributed by atoms with E-state index >= 15 is 0 Å². The highest BCUT2D eigenvalue weighted by Gasteiger charge is 2.50. The lowest BCUT2D eigenvalue weighted by Gasteiger charge is -2.55. The van der Waals surface area contributed by atoms with Gasteiger partial charge in [0.15, 0.2) is 5.82 Å². The van der Waals surface area contributed by atoms with Crippen LogP contribution in [0.3, 0.4) is 0 Å². The first-order chi connectivity index (χ1) is 16.9. The maximum absolute atomic E-state index is 14.0. The summed E-state index contributed by atoms with van der Waals surface area (Å²) in [6, 6.07) is 4.02. The number of aromatic nitrogens is 5. The topological polar surface area (TPSA) is 104 Å². The van der Waals surface area contributed by atoms with Crippen LogP contribution in [0.5, 0.6) is 0 Å². The van der Waals surface area contributed by atoms with Gasteiger partial charge in [-0.2, -0.15) is 10.1 Å². The van der Waals surface area contributed by atoms with Crippen LogP contribution >= 0.6 is 0 Å². The molecule has 3 aromatic heterocycles. The fourth-order valence-electron chi connectivity index (χ4n) is 5.09. The third kappa shape index (κ3) is 3.96. The SMILES string of the molecule is CC[C@@H](C)n1nc(N2CC3(COC3)C2)c2cnc(Nc3ccnc(N4CC[C@@H](O)[C@@H](F)C4)n3)cc21. The fourth-order valence-corrected chi connectivity index (χ4v) is 5.09. The number of nitrogens with one attached hydrogen (secondary N) is 1. The lowest BCUT2D eigenvalue weighted by atomic mass is 9.78. The fraction of sp³-hybridized carbons (Fsp3) is 0.583. The standard InChI is InChI=1S/C24H31FN8O2/c1-3-15(2)33-18-8-21(27-9-16(18)22(30-33)32-11-24(12-32)13-35-14-24)28-20-4-6-26-23(29-20)31-7-5-19(34)17(25)10-31/h4,6,8-9,15,17,19,34H,3,5,7,10-14H2,1-2H3,(H,26,27,28,29)/t15-,17+,19-/m1/s1. The Morgan fingerprint density at radius 3 is 2.80 bits per heavy atom. The van der Waals surface area contributed by atoms with E-state index < -0.39 is 12.3 Å². The molecule has 0 amide bonds. The van der Waals surface area contributed by atoms with Crippen molar-refractivity contribution in [1.29, 1.82) is 0 Å². The first kappa shape index (κ1) is 22.4. The van der Waals surface area contributed by atoms with Crippen molar-refractivity contribution >= 4 is 34.3 Å². The predicted molar refractivity (Wildman–Crippen MR) is 131 cm³/mol. The molecule has 3 saturated heterocycles. The van der Waals surface area contributed by atoms with Crippen molar-refractivity contribution in [1.82, 2.24) is 24.7 Å². The second-order valence-electron chi connectivity index (χ2n) is 10.1. The van der Waals surface area contributed by atoms with Crippen molar-refractivity contribution < 1.29 is 14.2 Å². The molecule has 3 fully saturated rings. The van der Waals surface area contributed by atoms with Gasteiger partial charge in [0.05, 0.1) is 42.2 Å². The number of halogens is 1. The number of fused-ring (bicyclic) bond motifs is 1. The molecule has 0 aliphatic carbocycles. The van der Waals surface area contributed by atoms with E-state index in [4.69, 9.17) is 9.84 Å². The Kier molecular flexibility index (Phi) is 5.48. The van der Waals surface area contributed by atoms with Gasteiger partial charge in [-0.1, -0.05) is 6.92 Å². The van der Waals surface area contributed by atoms with Crippen LogP contribution in [0, 0.1) is 5.41 Å². The number of nitrogens with zero attached hydrogens (tertiary/aromatic N) is 7. The molecule has 6 heterocycles. The zero-order valence-corrected chi connectivity index (χ0v) is 20.1. The summed E-state index contributed by atoms with van der Waals surface area (Å²) in [5.74, 6) is 2.65. The Morgan fingerprint density at radius 2 is 2.09 bits per heavy atom. The van der Waals surface area contributed by atoms with E-state index in [0.717, 1.165) is 49.4 Å². The average molecular weight is 483 g/mol. The lowest BCUT2D eigenvalue weighted by molar-refractivity contribution is -0.127. The van der Waals surface area contributed by atoms with Gasteiger partial charge in [-0.3, -0.25) is 4.68 Å². The zero-order valence-electron chi connectivity index (χ0n) is 20.1. The number of ether oxygens (including phenoxy) is 1. The molecular weight excluding hydrogens is 451 g/mol. The third-order valence-electron chi connectivity index (χ3n) is 7.44. The first-order valence-corrected chi connectivity index (χ1v) is 12.3. The number of pyridine rings is 1. The van der Waals surface area contributed by atoms with Crippen LogP contribution in [0.25, 0.3) is 10.9 Å². The van der Waals surface area contributed by atoms with E-state index in [1.807, 2.05) is 12.3 Å². The summed E-state index contributed by atoms with van der Waals surface area (Å²) >= 11 is 0. The number of aliphatic hydroxyl groups is 1. The van der Waals surface area contributed by atoms with Crippen LogP contribution in [0.4, 0.5) is 27.8 Å². The summed E-state index contributed by atoms with van der Waals surface area (Å²) in [7, 11) is 0. The monoisotopic (exact) mass is 482 g/mol. The van der Waals surface area contributed by atoms with Crippen molar-refractivity contribution in [3.8, 4) is 0 Å². The van der Waals surface area contributed by atoms with Crippen molar-refractivity contribution in [3.05, 3.63) is 24.5 Å². The molecule has 0 bridgehead atoms. The molecule has 0 radical (unpaired) electrons. The van der Waals surface area contributed by atoms with Gasteiger partial charge in [0, 0.05) is 44.1 Å². The number of aliphatic hydroxyl groups excluding tert-OH is 1. The zero-order chi connectivity index (χ0) is 24.2. The highest BCUT2D eigenvalue weighted by molar-refractivity contribution is 5.92. The van der Waals surface area contributed by atoms with Crippen LogP contribution in [0.2, 0.25) is 0 Å². The minimum absolute atomic E-state index is 0.0790. The van der Waals surface area contributed by atoms with E-state index in [1.165, 1.54) is 0 Å². The van der Waals surface area contributed by atoms with Crippen molar-refractivity contribution in [2.75, 3.05) is 54.5 Å². The van der Waals surface area contributed by atoms with Crippen LogP contribution in [-0.2, 0) is 4.74 Å². The molecule has 1 spiro atoms. The number of piperidine rings is 1. The van der Waals surface area contributed by atoms with Gasteiger partial charge in [-0.05, 0) is 25.8 Å². The third-order valence-corrected chi connectivity index (χ3v) is 7.44. The summed E-state index contributed by atoms with van der Waals surface area (Å²) in [5.41, 5.74) is 1.33. The van der Waals surface area contributed by atoms with Gasteiger partial charge in [-0.25, -0.2) is 14.4 Å². The summed E-state index contributed by atoms with van der Waals surface area (Å²) in [6.07, 6.45) is 2.62. The first-order valence-electron chi connectivity index (χ1n) is 12.3. The van der Waals surface area contributed by atoms with Crippen molar-refractivity contribution in [2.24, 2.45) is 5.41 Å². The Labute approximate surface area is 203 Å². The van der Waals surface area contributed by atoms with Gasteiger partial charge in [0.1, 0.15) is 17.8 Å². The average Bonchev–Trinajstić information content (AvgIpc) is 3.17. The molecule has 0 saturated carbocycles. The smallest absolute Gasteiger partial charge is 0.227 e. The van der Waals surface area contributed by atoms with E-state index in [2.05, 4.69) is 43.7 Å². The molecule has 186 valence electrons. The van der Waals surface area contributed by atoms with E-state index in [-0.39, 0.29) is 12.6 Å². The molecular formula is C24H31FN8O2. The van der Waals surface area contributed by atoms with Crippen LogP contribution < -0.4 is 15.1 Å². The molecule has 11 heteroatoms. The summed E-state index contributed by atoms with van der Waals surface area (Å²) in [6.45, 7) is 8.53. The lowest BCUT2D eigenvalue weighted by Crippen LogP contribution is -2.66. The normalized spacial score (nSPS) is 24.3. The van der Waals surface area contributed by atoms with E-state index in [9.17, 15) is 9.50 Å². The van der Waals surface area contributed by atoms with Crippen LogP contribution in [0.1, 0.15) is 32.7 Å². The molecule has 2 N–H and O–H groups in total. The van der Waals surface area contributed by atoms with Gasteiger partial charge in [-0.15, -0.1) is 0 Å². The molecule has 10 nitrogen and oxygen atoms in total. The molecule has 3 aliphatic heterocycles. The van der Waals surface area contributed by atoms with Crippen molar-refractivity contribution in [2.45, 2.75) is 45.0 Å². The highest BCUT2D eigenvalue weighted by atomic mass is 19.1. The van der Waals surface area contributed by atoms with Gasteiger partial charge >= 0.3 is 0 Å². The molecule has 0 unspecified atom stereocenters. The Morgan fingerprint density at radius 1 is 1.26 bits per heavy atom. The minimum atomic E-state index is -1.30.